The van der Waals surface area contributed by atoms with E-state index in [2.05, 4.69) is 25.6 Å². The Morgan fingerprint density at radius 1 is 1.26 bits per heavy atom. The fraction of sp³-hybridized carbons (Fsp3) is 0.636. The van der Waals surface area contributed by atoms with Gasteiger partial charge in [0.15, 0.2) is 0 Å². The Bertz CT molecular complexity index is 1070. The highest BCUT2D eigenvalue weighted by molar-refractivity contribution is 9.10. The molecule has 4 unspecified atom stereocenters. The number of primary amides is 1. The number of rotatable bonds is 4. The number of amides is 1. The lowest BCUT2D eigenvalue weighted by Gasteiger charge is -2.42. The highest BCUT2D eigenvalue weighted by Gasteiger charge is 2.67. The smallest absolute Gasteiger partial charge is 0.301 e. The summed E-state index contributed by atoms with van der Waals surface area (Å²) in [6, 6.07) is 7.67. The van der Waals surface area contributed by atoms with Crippen LogP contribution < -0.4 is 11.1 Å². The van der Waals surface area contributed by atoms with Crippen molar-refractivity contribution in [1.29, 1.82) is 0 Å². The average Bonchev–Trinajstić information content (AvgIpc) is 3.01. The number of halogens is 1. The summed E-state index contributed by atoms with van der Waals surface area (Å²) in [5.41, 5.74) is 4.89. The summed E-state index contributed by atoms with van der Waals surface area (Å²) >= 11 is 3.40. The van der Waals surface area contributed by atoms with Crippen molar-refractivity contribution in [3.63, 3.8) is 0 Å². The van der Waals surface area contributed by atoms with Crippen LogP contribution in [0, 0.1) is 17.3 Å². The molecule has 4 fully saturated rings. The van der Waals surface area contributed by atoms with Gasteiger partial charge in [0.05, 0.1) is 5.41 Å². The lowest BCUT2D eigenvalue weighted by molar-refractivity contribution is -0.130. The minimum atomic E-state index is -3.80. The molecule has 7 nitrogen and oxygen atoms in total. The van der Waals surface area contributed by atoms with Crippen molar-refractivity contribution in [1.82, 2.24) is 5.32 Å². The zero-order chi connectivity index (χ0) is 22.2. The van der Waals surface area contributed by atoms with Crippen LogP contribution in [0.3, 0.4) is 0 Å². The van der Waals surface area contributed by atoms with E-state index >= 15 is 0 Å². The predicted molar refractivity (Wildman–Crippen MR) is 121 cm³/mol. The van der Waals surface area contributed by atoms with Crippen molar-refractivity contribution in [2.75, 3.05) is 0 Å². The average molecular weight is 510 g/mol. The zero-order valence-corrected chi connectivity index (χ0v) is 20.1. The van der Waals surface area contributed by atoms with Gasteiger partial charge in [-0.1, -0.05) is 28.1 Å². The maximum absolute atomic E-state index is 13.2. The van der Waals surface area contributed by atoms with Gasteiger partial charge in [0.2, 0.25) is 5.91 Å². The number of nitrogens with two attached hydrogens (primary N) is 1. The Morgan fingerprint density at radius 3 is 2.61 bits per heavy atom. The predicted octanol–water partition coefficient (Wildman–Crippen LogP) is 2.88. The second-order valence-corrected chi connectivity index (χ2v) is 13.1. The van der Waals surface area contributed by atoms with Crippen LogP contribution in [0.2, 0.25) is 0 Å². The topological polar surface area (TPSA) is 111 Å². The van der Waals surface area contributed by atoms with Crippen LogP contribution >= 0.6 is 15.9 Å². The molecule has 0 radical (unpaired) electrons. The monoisotopic (exact) mass is 509 g/mol. The van der Waals surface area contributed by atoms with Crippen LogP contribution in [0.25, 0.3) is 0 Å². The van der Waals surface area contributed by atoms with E-state index in [1.807, 2.05) is 24.3 Å². The molecular formula is C22H28BrN3O4S. The zero-order valence-electron chi connectivity index (χ0n) is 17.7. The molecule has 168 valence electrons. The Hall–Kier alpha value is -1.61. The Morgan fingerprint density at radius 2 is 1.97 bits per heavy atom. The number of nitrogens with zero attached hydrogens (tertiary/aromatic N) is 1. The summed E-state index contributed by atoms with van der Waals surface area (Å²) in [4.78, 5) is 12.2. The fourth-order valence-corrected chi connectivity index (χ4v) is 8.58. The van der Waals surface area contributed by atoms with Crippen LogP contribution in [0.15, 0.2) is 33.1 Å². The Labute approximate surface area is 191 Å². The molecule has 9 heteroatoms. The normalized spacial score (nSPS) is 39.1. The molecule has 6 rings (SSSR count). The molecular weight excluding hydrogens is 482 g/mol. The van der Waals surface area contributed by atoms with E-state index in [1.54, 1.807) is 13.8 Å². The Kier molecular flexibility index (Phi) is 4.59. The van der Waals surface area contributed by atoms with Crippen LogP contribution in [-0.4, -0.2) is 36.7 Å². The summed E-state index contributed by atoms with van der Waals surface area (Å²) in [5.74, 6) is 0.488. The number of carbonyl (C=O) groups is 1. The lowest BCUT2D eigenvalue weighted by atomic mass is 9.68. The molecule has 5 aliphatic rings. The van der Waals surface area contributed by atoms with Crippen LogP contribution in [-0.2, 0) is 26.0 Å². The van der Waals surface area contributed by atoms with Crippen LogP contribution in [0.5, 0.6) is 0 Å². The van der Waals surface area contributed by atoms with Crippen molar-refractivity contribution in [3.05, 3.63) is 34.3 Å². The number of hydrogen-bond acceptors (Lipinski definition) is 5. The first-order valence-electron chi connectivity index (χ1n) is 10.8. The van der Waals surface area contributed by atoms with Crippen LogP contribution in [0.1, 0.15) is 51.5 Å². The third kappa shape index (κ3) is 3.39. The lowest BCUT2D eigenvalue weighted by Crippen LogP contribution is -2.58. The van der Waals surface area contributed by atoms with E-state index in [1.165, 1.54) is 0 Å². The minimum absolute atomic E-state index is 0.0601. The standard InChI is InChI=1S/C22H28BrN3O4S/c1-20(2)17(8-13-3-5-16(23)6-4-13)31(28,29)26-19(30-20)25-22-10-14-7-15(22)11-21(9-14,12-22)18(24)27/h3-6,14-15,17H,7-12H2,1-2H3,(H2,24,27)(H,25,26)/t14?,15?,17-,21?,22?/m1/s1. The summed E-state index contributed by atoms with van der Waals surface area (Å²) in [6.07, 6.45) is 4.49. The van der Waals surface area contributed by atoms with E-state index in [9.17, 15) is 13.2 Å². The van der Waals surface area contributed by atoms with Gasteiger partial charge in [0.1, 0.15) is 10.9 Å². The van der Waals surface area contributed by atoms with Crippen molar-refractivity contribution < 1.29 is 17.9 Å². The molecule has 3 N–H and O–H groups in total. The number of amidine groups is 1. The maximum atomic E-state index is 13.2. The van der Waals surface area contributed by atoms with Gasteiger partial charge in [-0.2, -0.15) is 0 Å². The summed E-state index contributed by atoms with van der Waals surface area (Å²) < 4.78 is 37.6. The van der Waals surface area contributed by atoms with Gasteiger partial charge in [0.25, 0.3) is 10.0 Å². The largest absolute Gasteiger partial charge is 0.457 e. The van der Waals surface area contributed by atoms with E-state index in [0.717, 1.165) is 35.7 Å². The van der Waals surface area contributed by atoms with E-state index in [4.69, 9.17) is 10.5 Å². The molecule has 1 aromatic carbocycles. The molecule has 4 aliphatic carbocycles. The van der Waals surface area contributed by atoms with Crippen molar-refractivity contribution in [3.8, 4) is 0 Å². The summed E-state index contributed by atoms with van der Waals surface area (Å²) in [5, 5.41) is 2.58. The van der Waals surface area contributed by atoms with E-state index in [0.29, 0.717) is 18.8 Å². The van der Waals surface area contributed by atoms with Crippen molar-refractivity contribution in [2.45, 2.75) is 68.8 Å². The minimum Gasteiger partial charge on any atom is -0.457 e. The first-order chi connectivity index (χ1) is 14.4. The van der Waals surface area contributed by atoms with Gasteiger partial charge < -0.3 is 15.8 Å². The quantitative estimate of drug-likeness (QED) is 0.647. The number of ether oxygens (including phenoxy) is 1. The summed E-state index contributed by atoms with van der Waals surface area (Å²) in [7, 11) is -3.80. The molecule has 0 spiro atoms. The highest BCUT2D eigenvalue weighted by atomic mass is 79.9. The molecule has 4 saturated carbocycles. The SMILES string of the molecule is CC1(C)OC(NC23CC4CC2CC(C(N)=O)(C4)C3)=NS(=O)(=O)[C@@H]1Cc1ccc(Br)cc1. The number of sulfonamides is 1. The fourth-order valence-electron chi connectivity index (χ4n) is 6.70. The molecule has 1 amide bonds. The number of hydrogen-bond donors (Lipinski definition) is 2. The number of carbonyl (C=O) groups excluding carboxylic acids is 1. The molecule has 0 saturated heterocycles. The van der Waals surface area contributed by atoms with Crippen molar-refractivity contribution in [2.24, 2.45) is 27.4 Å². The van der Waals surface area contributed by atoms with Gasteiger partial charge in [-0.25, -0.2) is 8.42 Å². The van der Waals surface area contributed by atoms with Gasteiger partial charge >= 0.3 is 6.02 Å². The number of benzene rings is 1. The molecule has 5 atom stereocenters. The van der Waals surface area contributed by atoms with Crippen molar-refractivity contribution >= 4 is 37.9 Å². The van der Waals surface area contributed by atoms with Gasteiger partial charge in [-0.05, 0) is 81.9 Å². The maximum Gasteiger partial charge on any atom is 0.301 e. The second-order valence-electron chi connectivity index (χ2n) is 10.4. The molecule has 1 aromatic rings. The third-order valence-electron chi connectivity index (χ3n) is 7.94. The molecule has 1 aliphatic heterocycles. The Balaban J connectivity index is 1.41. The number of nitrogens with one attached hydrogen (secondary N) is 1. The first-order valence-corrected chi connectivity index (χ1v) is 13.1. The van der Waals surface area contributed by atoms with Gasteiger partial charge in [0, 0.05) is 10.0 Å². The molecule has 4 bridgehead atoms. The van der Waals surface area contributed by atoms with Gasteiger partial charge in [-0.3, -0.25) is 4.79 Å². The van der Waals surface area contributed by atoms with E-state index < -0.39 is 26.3 Å². The molecule has 31 heavy (non-hydrogen) atoms. The molecule has 1 heterocycles. The summed E-state index contributed by atoms with van der Waals surface area (Å²) in [6.45, 7) is 3.59. The molecule has 0 aromatic heterocycles. The second kappa shape index (κ2) is 6.70. The van der Waals surface area contributed by atoms with Crippen LogP contribution in [0.4, 0.5) is 0 Å². The van der Waals surface area contributed by atoms with E-state index in [-0.39, 0.29) is 23.4 Å². The highest BCUT2D eigenvalue weighted by Crippen LogP contribution is 2.66. The third-order valence-corrected chi connectivity index (χ3v) is 10.3. The first kappa shape index (κ1) is 21.2. The van der Waals surface area contributed by atoms with Gasteiger partial charge in [-0.15, -0.1) is 4.40 Å².